The summed E-state index contributed by atoms with van der Waals surface area (Å²) in [4.78, 5) is 0. The van der Waals surface area contributed by atoms with Crippen LogP contribution in [0.15, 0.2) is 4.52 Å². The molecule has 9 heteroatoms. The molecule has 0 radical (unpaired) electrons. The van der Waals surface area contributed by atoms with Gasteiger partial charge in [0.2, 0.25) is 0 Å². The lowest BCUT2D eigenvalue weighted by Crippen LogP contribution is -1.77. The van der Waals surface area contributed by atoms with Crippen molar-refractivity contribution in [2.45, 2.75) is 0 Å². The normalized spacial score (nSPS) is 18.8. The fourth-order valence-corrected chi connectivity index (χ4v) is 2.94. The third-order valence-electron chi connectivity index (χ3n) is 0.223. The molecule has 2 nitrogen and oxygen atoms in total. The summed E-state index contributed by atoms with van der Waals surface area (Å²) >= 11 is 8.32. The van der Waals surface area contributed by atoms with Crippen LogP contribution in [0.3, 0.4) is 0 Å². The Morgan fingerprint density at radius 3 is 1.78 bits per heavy atom. The number of halogens is 4. The maximum Gasteiger partial charge on any atom is 0.369 e. The van der Waals surface area contributed by atoms with E-state index in [-0.39, 0.29) is 0 Å². The third kappa shape index (κ3) is 8.92. The highest BCUT2D eigenvalue weighted by Gasteiger charge is 2.17. The minimum atomic E-state index is -4.97. The number of rotatable bonds is 1. The summed E-state index contributed by atoms with van der Waals surface area (Å²) < 4.78 is 37.2. The molecule has 1 atom stereocenters. The van der Waals surface area contributed by atoms with E-state index in [9.17, 15) is 12.6 Å². The standard InChI is InChI=1S/ClF3H2N2P2S/c1-7(2,9)6-8(3,4)5/h5H2. The van der Waals surface area contributed by atoms with Crippen molar-refractivity contribution in [2.24, 2.45) is 10.0 Å². The highest BCUT2D eigenvalue weighted by atomic mass is 35.7. The summed E-state index contributed by atoms with van der Waals surface area (Å²) in [5.74, 6) is -4.18. The molecule has 0 bridgehead atoms. The van der Waals surface area contributed by atoms with E-state index in [1.807, 2.05) is 0 Å². The number of nitrogens with two attached hydrogens (primary N) is 1. The van der Waals surface area contributed by atoms with Gasteiger partial charge in [-0.25, -0.2) is 5.50 Å². The lowest BCUT2D eigenvalue weighted by molar-refractivity contribution is 0.725. The van der Waals surface area contributed by atoms with Gasteiger partial charge in [-0.05, 0) is 23.0 Å². The van der Waals surface area contributed by atoms with Gasteiger partial charge in [-0.1, -0.05) is 0 Å². The molecule has 0 aliphatic carbocycles. The highest BCUT2D eigenvalue weighted by Crippen LogP contribution is 2.64. The molecule has 9 heavy (non-hydrogen) atoms. The van der Waals surface area contributed by atoms with E-state index in [0.29, 0.717) is 0 Å². The maximum atomic E-state index is 11.9. The summed E-state index contributed by atoms with van der Waals surface area (Å²) in [7, 11) is -4.97. The van der Waals surface area contributed by atoms with Gasteiger partial charge in [0, 0.05) is 0 Å². The van der Waals surface area contributed by atoms with Crippen LogP contribution < -0.4 is 5.50 Å². The molecule has 0 aromatic rings. The van der Waals surface area contributed by atoms with Crippen molar-refractivity contribution < 1.29 is 12.6 Å². The van der Waals surface area contributed by atoms with Crippen LogP contribution in [0.25, 0.3) is 0 Å². The Bertz CT molecular complexity index is 182. The summed E-state index contributed by atoms with van der Waals surface area (Å²) in [5.41, 5.74) is 4.07. The van der Waals surface area contributed by atoms with Gasteiger partial charge in [-0.15, -0.1) is 0 Å². The van der Waals surface area contributed by atoms with Crippen LogP contribution in [-0.2, 0) is 11.8 Å². The first-order valence-electron chi connectivity index (χ1n) is 1.52. The Balaban J connectivity index is 4.53. The average Bonchev–Trinajstić information content (AvgIpc) is 1.14. The lowest BCUT2D eigenvalue weighted by atomic mass is 13.9. The van der Waals surface area contributed by atoms with Gasteiger partial charge >= 0.3 is 13.7 Å². The lowest BCUT2D eigenvalue weighted by Gasteiger charge is -1.97. The van der Waals surface area contributed by atoms with Gasteiger partial charge in [0.25, 0.3) is 0 Å². The molecule has 0 heterocycles. The number of nitrogens with zero attached hydrogens (tertiary/aromatic N) is 1. The van der Waals surface area contributed by atoms with Crippen molar-refractivity contribution in [3.63, 3.8) is 0 Å². The number of hydrogen-bond donors (Lipinski definition) is 1. The molecule has 0 amide bonds. The van der Waals surface area contributed by atoms with Crippen molar-refractivity contribution in [1.29, 1.82) is 0 Å². The molecular weight excluding hydrogens is 214 g/mol. The van der Waals surface area contributed by atoms with Crippen LogP contribution >= 0.6 is 24.9 Å². The van der Waals surface area contributed by atoms with E-state index in [4.69, 9.17) is 0 Å². The molecule has 0 aromatic carbocycles. The molecule has 0 aliphatic heterocycles. The van der Waals surface area contributed by atoms with Crippen molar-refractivity contribution in [3.8, 4) is 0 Å². The summed E-state index contributed by atoms with van der Waals surface area (Å²) in [6.07, 6.45) is 0. The zero-order chi connectivity index (χ0) is 7.71. The van der Waals surface area contributed by atoms with Crippen LogP contribution in [0.2, 0.25) is 0 Å². The Morgan fingerprint density at radius 2 is 1.78 bits per heavy atom. The van der Waals surface area contributed by atoms with E-state index in [1.54, 1.807) is 0 Å². The van der Waals surface area contributed by atoms with Gasteiger partial charge in [-0.2, -0.15) is 17.1 Å². The van der Waals surface area contributed by atoms with Gasteiger partial charge in [0.05, 0.1) is 0 Å². The van der Waals surface area contributed by atoms with E-state index in [1.165, 1.54) is 0 Å². The van der Waals surface area contributed by atoms with Gasteiger partial charge in [0.1, 0.15) is 0 Å². The second-order valence-electron chi connectivity index (χ2n) is 1.05. The minimum Gasteiger partial charge on any atom is -0.246 e. The summed E-state index contributed by atoms with van der Waals surface area (Å²) in [5, 5.41) is 0. The second kappa shape index (κ2) is 2.89. The molecule has 0 fully saturated rings. The predicted octanol–water partition coefficient (Wildman–Crippen LogP) is 3.26. The second-order valence-corrected chi connectivity index (χ2v) is 7.08. The fourth-order valence-electron chi connectivity index (χ4n) is 0.139. The Morgan fingerprint density at radius 1 is 1.44 bits per heavy atom. The first kappa shape index (κ1) is 9.92. The molecule has 0 aromatic heterocycles. The molecule has 1 unspecified atom stereocenters. The Kier molecular flexibility index (Phi) is 3.18. The fraction of sp³-hybridized carbons (Fsp3) is 0. The average molecular weight is 216 g/mol. The van der Waals surface area contributed by atoms with Gasteiger partial charge in [-0.3, -0.25) is 0 Å². The van der Waals surface area contributed by atoms with Crippen molar-refractivity contribution in [3.05, 3.63) is 0 Å². The predicted molar refractivity (Wildman–Crippen MR) is 37.0 cm³/mol. The number of hydrogen-bond acceptors (Lipinski definition) is 1. The van der Waals surface area contributed by atoms with E-state index in [0.717, 1.165) is 0 Å². The molecule has 2 N–H and O–H groups in total. The summed E-state index contributed by atoms with van der Waals surface area (Å²) in [6, 6.07) is 0. The molecule has 0 saturated carbocycles. The quantitative estimate of drug-likeness (QED) is 0.683. The van der Waals surface area contributed by atoms with Crippen molar-refractivity contribution in [2.75, 3.05) is 0 Å². The molecule has 0 saturated heterocycles. The molecule has 0 aliphatic rings. The molecule has 0 spiro atoms. The highest BCUT2D eigenvalue weighted by molar-refractivity contribution is 8.24. The topological polar surface area (TPSA) is 38.4 Å². The van der Waals surface area contributed by atoms with E-state index < -0.39 is 13.7 Å². The van der Waals surface area contributed by atoms with Gasteiger partial charge in [0.15, 0.2) is 0 Å². The van der Waals surface area contributed by atoms with E-state index in [2.05, 4.69) is 33.1 Å². The van der Waals surface area contributed by atoms with Crippen LogP contribution in [-0.4, -0.2) is 0 Å². The largest absolute Gasteiger partial charge is 0.369 e. The molecule has 0 rings (SSSR count). The maximum absolute atomic E-state index is 11.9. The van der Waals surface area contributed by atoms with Crippen LogP contribution in [0, 0.1) is 0 Å². The minimum absolute atomic E-state index is 2.12. The van der Waals surface area contributed by atoms with E-state index >= 15 is 0 Å². The van der Waals surface area contributed by atoms with Crippen LogP contribution in [0.1, 0.15) is 0 Å². The van der Waals surface area contributed by atoms with Crippen LogP contribution in [0.5, 0.6) is 0 Å². The van der Waals surface area contributed by atoms with Gasteiger partial charge < -0.3 is 0 Å². The Hall–Kier alpha value is 0.920. The van der Waals surface area contributed by atoms with Crippen LogP contribution in [0.4, 0.5) is 12.6 Å². The summed E-state index contributed by atoms with van der Waals surface area (Å²) in [6.45, 7) is 0. The SMILES string of the molecule is NP(F)(F)=NP(F)(=S)Cl. The third-order valence-corrected chi connectivity index (χ3v) is 3.28. The van der Waals surface area contributed by atoms with Crippen molar-refractivity contribution in [1.82, 2.24) is 0 Å². The zero-order valence-electron chi connectivity index (χ0n) is 3.84. The van der Waals surface area contributed by atoms with Crippen molar-refractivity contribution >= 4 is 36.7 Å². The smallest absolute Gasteiger partial charge is 0.246 e. The molecular formula is H2ClF3N2P2S. The first-order valence-corrected chi connectivity index (χ1v) is 6.66. The first-order chi connectivity index (χ1) is 3.71. The molecule has 56 valence electrons. The monoisotopic (exact) mass is 216 g/mol. The zero-order valence-corrected chi connectivity index (χ0v) is 7.20. The Labute approximate surface area is 59.9 Å².